The van der Waals surface area contributed by atoms with Gasteiger partial charge in [0.1, 0.15) is 12.4 Å². The summed E-state index contributed by atoms with van der Waals surface area (Å²) in [6.07, 6.45) is 3.45. The molecule has 0 saturated carbocycles. The van der Waals surface area contributed by atoms with Gasteiger partial charge in [0.2, 0.25) is 0 Å². The molecule has 152 valence electrons. The zero-order valence-electron chi connectivity index (χ0n) is 16.9. The first-order chi connectivity index (χ1) is 14.8. The molecule has 0 radical (unpaired) electrons. The van der Waals surface area contributed by atoms with Crippen molar-refractivity contribution in [2.45, 2.75) is 6.61 Å². The van der Waals surface area contributed by atoms with Gasteiger partial charge in [0.05, 0.1) is 13.2 Å². The minimum atomic E-state index is -0.00654. The molecule has 4 nitrogen and oxygen atoms in total. The maximum Gasteiger partial charge on any atom is 0.185 e. The molecule has 4 rings (SSSR count). The third kappa shape index (κ3) is 5.37. The van der Waals surface area contributed by atoms with Crippen molar-refractivity contribution in [2.24, 2.45) is 0 Å². The van der Waals surface area contributed by atoms with Crippen LogP contribution in [-0.2, 0) is 11.3 Å². The average molecular weight is 399 g/mol. The molecule has 0 unspecified atom stereocenters. The maximum absolute atomic E-state index is 12.5. The summed E-state index contributed by atoms with van der Waals surface area (Å²) in [6.45, 7) is 3.81. The van der Waals surface area contributed by atoms with Crippen LogP contribution in [0.2, 0.25) is 0 Å². The van der Waals surface area contributed by atoms with Crippen LogP contribution in [0.5, 0.6) is 5.75 Å². The normalized spacial score (nSPS) is 14.1. The number of hydrogen-bond acceptors (Lipinski definition) is 4. The molecule has 1 aliphatic heterocycles. The van der Waals surface area contributed by atoms with Crippen molar-refractivity contribution in [3.8, 4) is 5.75 Å². The fraction of sp³-hybridized carbons (Fsp3) is 0.192. The van der Waals surface area contributed by atoms with Crippen LogP contribution in [0, 0.1) is 0 Å². The molecule has 3 aromatic carbocycles. The third-order valence-electron chi connectivity index (χ3n) is 5.08. The lowest BCUT2D eigenvalue weighted by molar-refractivity contribution is 0.104. The van der Waals surface area contributed by atoms with E-state index < -0.39 is 0 Å². The lowest BCUT2D eigenvalue weighted by Crippen LogP contribution is -2.36. The Morgan fingerprint density at radius 2 is 1.60 bits per heavy atom. The highest BCUT2D eigenvalue weighted by Crippen LogP contribution is 2.18. The summed E-state index contributed by atoms with van der Waals surface area (Å²) in [5.41, 5.74) is 3.91. The number of carbonyl (C=O) groups is 1. The van der Waals surface area contributed by atoms with Gasteiger partial charge in [-0.25, -0.2) is 0 Å². The Hall–Kier alpha value is -3.37. The number of rotatable bonds is 7. The highest BCUT2D eigenvalue weighted by molar-refractivity contribution is 6.07. The standard InChI is InChI=1S/C26H25NO3/c28-26(23-9-11-24(12-10-23)27-16-18-29-19-17-27)15-8-21-6-13-25(14-7-21)30-20-22-4-2-1-3-5-22/h1-15H,16-20H2/b15-8+. The van der Waals surface area contributed by atoms with E-state index in [4.69, 9.17) is 9.47 Å². The number of anilines is 1. The number of nitrogens with zero attached hydrogens (tertiary/aromatic N) is 1. The Balaban J connectivity index is 1.32. The molecule has 0 atom stereocenters. The van der Waals surface area contributed by atoms with Crippen LogP contribution in [0.25, 0.3) is 6.08 Å². The van der Waals surface area contributed by atoms with Crippen LogP contribution in [0.1, 0.15) is 21.5 Å². The van der Waals surface area contributed by atoms with Gasteiger partial charge in [-0.1, -0.05) is 48.5 Å². The SMILES string of the molecule is O=C(/C=C/c1ccc(OCc2ccccc2)cc1)c1ccc(N2CCOCC2)cc1. The van der Waals surface area contributed by atoms with E-state index in [0.29, 0.717) is 12.2 Å². The van der Waals surface area contributed by atoms with E-state index in [0.717, 1.165) is 48.9 Å². The van der Waals surface area contributed by atoms with E-state index in [-0.39, 0.29) is 5.78 Å². The second kappa shape index (κ2) is 9.90. The average Bonchev–Trinajstić information content (AvgIpc) is 2.83. The molecule has 30 heavy (non-hydrogen) atoms. The largest absolute Gasteiger partial charge is 0.489 e. The predicted octanol–water partition coefficient (Wildman–Crippen LogP) is 5.00. The second-order valence-corrected chi connectivity index (χ2v) is 7.19. The number of carbonyl (C=O) groups excluding carboxylic acids is 1. The first-order valence-corrected chi connectivity index (χ1v) is 10.2. The topological polar surface area (TPSA) is 38.8 Å². The van der Waals surface area contributed by atoms with Gasteiger partial charge in [-0.2, -0.15) is 0 Å². The smallest absolute Gasteiger partial charge is 0.185 e. The third-order valence-corrected chi connectivity index (χ3v) is 5.08. The van der Waals surface area contributed by atoms with E-state index in [1.807, 2.05) is 84.9 Å². The molecule has 0 aliphatic carbocycles. The highest BCUT2D eigenvalue weighted by atomic mass is 16.5. The zero-order chi connectivity index (χ0) is 20.6. The van der Waals surface area contributed by atoms with E-state index in [9.17, 15) is 4.79 Å². The Kier molecular flexibility index (Phi) is 6.58. The lowest BCUT2D eigenvalue weighted by Gasteiger charge is -2.28. The minimum Gasteiger partial charge on any atom is -0.489 e. The number of ether oxygens (including phenoxy) is 2. The predicted molar refractivity (Wildman–Crippen MR) is 120 cm³/mol. The van der Waals surface area contributed by atoms with E-state index >= 15 is 0 Å². The fourth-order valence-electron chi connectivity index (χ4n) is 3.34. The molecule has 0 spiro atoms. The molecule has 0 aromatic heterocycles. The number of hydrogen-bond donors (Lipinski definition) is 0. The molecule has 0 amide bonds. The fourth-order valence-corrected chi connectivity index (χ4v) is 3.34. The summed E-state index contributed by atoms with van der Waals surface area (Å²) in [6, 6.07) is 25.6. The van der Waals surface area contributed by atoms with Gasteiger partial charge in [0, 0.05) is 24.3 Å². The quantitative estimate of drug-likeness (QED) is 0.414. The van der Waals surface area contributed by atoms with E-state index in [1.165, 1.54) is 0 Å². The number of allylic oxidation sites excluding steroid dienone is 1. The summed E-state index contributed by atoms with van der Waals surface area (Å²) >= 11 is 0. The Morgan fingerprint density at radius 3 is 2.30 bits per heavy atom. The van der Waals surface area contributed by atoms with Crippen molar-refractivity contribution in [1.29, 1.82) is 0 Å². The van der Waals surface area contributed by atoms with Crippen molar-refractivity contribution in [3.05, 3.63) is 102 Å². The molecule has 4 heteroatoms. The van der Waals surface area contributed by atoms with Gasteiger partial charge in [-0.3, -0.25) is 4.79 Å². The van der Waals surface area contributed by atoms with Gasteiger partial charge in [-0.05, 0) is 53.6 Å². The van der Waals surface area contributed by atoms with Crippen molar-refractivity contribution in [1.82, 2.24) is 0 Å². The Morgan fingerprint density at radius 1 is 0.900 bits per heavy atom. The van der Waals surface area contributed by atoms with Gasteiger partial charge < -0.3 is 14.4 Å². The number of morpholine rings is 1. The minimum absolute atomic E-state index is 0.00654. The van der Waals surface area contributed by atoms with Crippen LogP contribution in [0.3, 0.4) is 0 Å². The van der Waals surface area contributed by atoms with Crippen molar-refractivity contribution in [3.63, 3.8) is 0 Å². The van der Waals surface area contributed by atoms with Crippen molar-refractivity contribution < 1.29 is 14.3 Å². The number of ketones is 1. The van der Waals surface area contributed by atoms with Gasteiger partial charge >= 0.3 is 0 Å². The van der Waals surface area contributed by atoms with Gasteiger partial charge in [-0.15, -0.1) is 0 Å². The first-order valence-electron chi connectivity index (χ1n) is 10.2. The van der Waals surface area contributed by atoms with Crippen LogP contribution >= 0.6 is 0 Å². The van der Waals surface area contributed by atoms with E-state index in [2.05, 4.69) is 4.90 Å². The molecule has 0 bridgehead atoms. The summed E-state index contributed by atoms with van der Waals surface area (Å²) in [7, 11) is 0. The number of benzene rings is 3. The molecule has 1 heterocycles. The second-order valence-electron chi connectivity index (χ2n) is 7.19. The maximum atomic E-state index is 12.5. The molecule has 1 aliphatic rings. The molecular formula is C26H25NO3. The summed E-state index contributed by atoms with van der Waals surface area (Å²) in [4.78, 5) is 14.8. The molecule has 3 aromatic rings. The zero-order valence-corrected chi connectivity index (χ0v) is 16.9. The van der Waals surface area contributed by atoms with Crippen molar-refractivity contribution >= 4 is 17.5 Å². The monoisotopic (exact) mass is 399 g/mol. The van der Waals surface area contributed by atoms with Crippen LogP contribution in [-0.4, -0.2) is 32.1 Å². The molecule has 1 saturated heterocycles. The molecular weight excluding hydrogens is 374 g/mol. The Bertz CT molecular complexity index is 973. The molecule has 0 N–H and O–H groups in total. The Labute approximate surface area is 177 Å². The first kappa shape index (κ1) is 19.9. The lowest BCUT2D eigenvalue weighted by atomic mass is 10.1. The van der Waals surface area contributed by atoms with Gasteiger partial charge in [0.25, 0.3) is 0 Å². The van der Waals surface area contributed by atoms with Crippen LogP contribution in [0.15, 0.2) is 84.9 Å². The molecule has 1 fully saturated rings. The van der Waals surface area contributed by atoms with Crippen LogP contribution < -0.4 is 9.64 Å². The van der Waals surface area contributed by atoms with Crippen molar-refractivity contribution in [2.75, 3.05) is 31.2 Å². The summed E-state index contributed by atoms with van der Waals surface area (Å²) in [5.74, 6) is 0.800. The summed E-state index contributed by atoms with van der Waals surface area (Å²) in [5, 5.41) is 0. The van der Waals surface area contributed by atoms with Gasteiger partial charge in [0.15, 0.2) is 5.78 Å². The highest BCUT2D eigenvalue weighted by Gasteiger charge is 2.11. The van der Waals surface area contributed by atoms with E-state index in [1.54, 1.807) is 6.08 Å². The van der Waals surface area contributed by atoms with Crippen LogP contribution in [0.4, 0.5) is 5.69 Å². The summed E-state index contributed by atoms with van der Waals surface area (Å²) < 4.78 is 11.2.